The van der Waals surface area contributed by atoms with E-state index in [1.165, 1.54) is 0 Å². The average molecular weight is 970 g/mol. The lowest BCUT2D eigenvalue weighted by Crippen LogP contribution is -2.47. The molecule has 0 aliphatic carbocycles. The summed E-state index contributed by atoms with van der Waals surface area (Å²) in [5.41, 5.74) is -0.456. The third-order valence-corrected chi connectivity index (χ3v) is 29.7. The molecule has 0 amide bonds. The molecular weight excluding hydrogens is 869 g/mol. The number of hydrogen-bond donors (Lipinski definition) is 1. The average Bonchev–Trinajstić information content (AvgIpc) is 4.06. The van der Waals surface area contributed by atoms with Crippen molar-refractivity contribution in [2.75, 3.05) is 19.8 Å². The van der Waals surface area contributed by atoms with Crippen molar-refractivity contribution in [1.29, 1.82) is 0 Å². The van der Waals surface area contributed by atoms with Crippen LogP contribution in [0.15, 0.2) is 36.0 Å². The zero-order valence-electron chi connectivity index (χ0n) is 44.7. The van der Waals surface area contributed by atoms with Gasteiger partial charge in [0.2, 0.25) is 0 Å². The Hall–Kier alpha value is -0.979. The summed E-state index contributed by atoms with van der Waals surface area (Å²) in [5, 5.41) is 10.6. The minimum absolute atomic E-state index is 0.0914. The molecular formula is C52H100O10Si3. The number of cyclic esters (lactones) is 1. The molecule has 0 aromatic rings. The van der Waals surface area contributed by atoms with Gasteiger partial charge in [-0.05, 0) is 114 Å². The van der Waals surface area contributed by atoms with Crippen LogP contribution in [0.1, 0.15) is 150 Å². The molecule has 0 aromatic carbocycles. The van der Waals surface area contributed by atoms with Crippen LogP contribution in [0.2, 0.25) is 54.4 Å². The van der Waals surface area contributed by atoms with Crippen molar-refractivity contribution in [3.05, 3.63) is 36.0 Å². The van der Waals surface area contributed by atoms with Crippen LogP contribution in [0.5, 0.6) is 0 Å². The quantitative estimate of drug-likeness (QED) is 0.0142. The van der Waals surface area contributed by atoms with Gasteiger partial charge in [-0.15, -0.1) is 0 Å². The van der Waals surface area contributed by atoms with Crippen molar-refractivity contribution in [2.24, 2.45) is 11.8 Å². The maximum absolute atomic E-state index is 14.1. The lowest BCUT2D eigenvalue weighted by molar-refractivity contribution is -0.191. The molecule has 10 nitrogen and oxygen atoms in total. The first-order valence-electron chi connectivity index (χ1n) is 26.2. The molecule has 0 aromatic heterocycles. The van der Waals surface area contributed by atoms with Gasteiger partial charge in [-0.1, -0.05) is 113 Å². The number of allylic oxidation sites excluding steroid dienone is 2. The number of rotatable bonds is 30. The summed E-state index contributed by atoms with van der Waals surface area (Å²) in [7, 11) is -5.90. The number of ether oxygens (including phenoxy) is 5. The highest BCUT2D eigenvalue weighted by Gasteiger charge is 2.51. The molecule has 1 saturated heterocycles. The van der Waals surface area contributed by atoms with Gasteiger partial charge in [-0.25, -0.2) is 0 Å². The van der Waals surface area contributed by atoms with Crippen LogP contribution < -0.4 is 0 Å². The fourth-order valence-corrected chi connectivity index (χ4v) is 19.1. The molecule has 1 fully saturated rings. The van der Waals surface area contributed by atoms with Gasteiger partial charge in [-0.3, -0.25) is 4.79 Å². The van der Waals surface area contributed by atoms with E-state index >= 15 is 0 Å². The maximum atomic E-state index is 14.1. The monoisotopic (exact) mass is 969 g/mol. The van der Waals surface area contributed by atoms with Crippen LogP contribution in [-0.4, -0.2) is 110 Å². The van der Waals surface area contributed by atoms with Crippen LogP contribution in [0.3, 0.4) is 0 Å². The highest BCUT2D eigenvalue weighted by molar-refractivity contribution is 6.74. The van der Waals surface area contributed by atoms with Gasteiger partial charge in [-0.2, -0.15) is 0 Å². The number of carbonyl (C=O) groups is 1. The number of esters is 1. The smallest absolute Gasteiger partial charge is 0.308 e. The van der Waals surface area contributed by atoms with Gasteiger partial charge in [0.25, 0.3) is 0 Å². The zero-order valence-corrected chi connectivity index (χ0v) is 47.7. The van der Waals surface area contributed by atoms with E-state index in [4.69, 9.17) is 37.0 Å². The van der Waals surface area contributed by atoms with E-state index in [0.29, 0.717) is 38.6 Å². The van der Waals surface area contributed by atoms with E-state index in [1.54, 1.807) is 6.92 Å². The number of hydrogen-bond acceptors (Lipinski definition) is 10. The van der Waals surface area contributed by atoms with Crippen LogP contribution in [0.25, 0.3) is 0 Å². The lowest BCUT2D eigenvalue weighted by atomic mass is 9.88. The minimum atomic E-state index is -2.10. The molecule has 2 aliphatic rings. The standard InChI is InChI=1S/C52H100O10Si3/c1-18-45(61-64(23-6,24-7)25-8)42(14)50-46(58-50)39-51(16,62-65(26-9,27-10)28-11)34-29-30-40(12)49-41(13)31-32-47(57-43(15)53)52(17,56-37-36-55-19-2)35-33-44(38-48(54)59-49)60-63(20-3,21-4)22-5/h29-32,34,41-47,49-50,53H,18-28,33,35-39H2,1-17H3/b32-31+,34-29+,40-30+. The Morgan fingerprint density at radius 1 is 0.892 bits per heavy atom. The highest BCUT2D eigenvalue weighted by Crippen LogP contribution is 2.43. The molecule has 2 heterocycles. The SMILES string of the molecule is CCOCCOC1(C)CCC(O[Si](CC)(CC)CC)CC(=O)OC(/C(C)=C/C=C/C(C)(CC2OC2C(C)C(CC)O[Si](CC)(CC)CC)O[Si](CC)(CC)CC)C(C)/C=C/C1OC(C)O. The lowest BCUT2D eigenvalue weighted by Gasteiger charge is -2.40. The van der Waals surface area contributed by atoms with Crippen molar-refractivity contribution < 1.29 is 46.9 Å². The van der Waals surface area contributed by atoms with Gasteiger partial charge < -0.3 is 42.1 Å². The molecule has 0 radical (unpaired) electrons. The zero-order chi connectivity index (χ0) is 49.1. The predicted molar refractivity (Wildman–Crippen MR) is 276 cm³/mol. The summed E-state index contributed by atoms with van der Waals surface area (Å²) in [6.07, 6.45) is 11.4. The summed E-state index contributed by atoms with van der Waals surface area (Å²) in [6, 6.07) is 9.49. The Kier molecular flexibility index (Phi) is 26.5. The van der Waals surface area contributed by atoms with Gasteiger partial charge in [0.15, 0.2) is 31.2 Å². The molecule has 11 unspecified atom stereocenters. The number of carbonyl (C=O) groups excluding carboxylic acids is 1. The second kappa shape index (κ2) is 28.6. The maximum Gasteiger partial charge on any atom is 0.308 e. The van der Waals surface area contributed by atoms with Crippen LogP contribution >= 0.6 is 0 Å². The summed E-state index contributed by atoms with van der Waals surface area (Å²) in [4.78, 5) is 14.1. The molecule has 11 atom stereocenters. The Morgan fingerprint density at radius 2 is 1.48 bits per heavy atom. The minimum Gasteiger partial charge on any atom is -0.457 e. The first-order valence-corrected chi connectivity index (χ1v) is 33.8. The molecule has 0 bridgehead atoms. The second-order valence-electron chi connectivity index (χ2n) is 19.8. The first-order chi connectivity index (χ1) is 30.7. The van der Waals surface area contributed by atoms with Crippen molar-refractivity contribution in [1.82, 2.24) is 0 Å². The molecule has 13 heteroatoms. The van der Waals surface area contributed by atoms with Crippen molar-refractivity contribution in [3.8, 4) is 0 Å². The molecule has 2 rings (SSSR count). The number of aliphatic hydroxyl groups is 1. The van der Waals surface area contributed by atoms with E-state index < -0.39 is 54.7 Å². The fraction of sp³-hybridized carbons (Fsp3) is 0.865. The van der Waals surface area contributed by atoms with Crippen molar-refractivity contribution >= 4 is 30.9 Å². The van der Waals surface area contributed by atoms with Crippen LogP contribution in [0.4, 0.5) is 0 Å². The van der Waals surface area contributed by atoms with Crippen molar-refractivity contribution in [2.45, 2.75) is 258 Å². The Bertz CT molecular complexity index is 1420. The Labute approximate surface area is 402 Å². The Morgan fingerprint density at radius 3 is 2.00 bits per heavy atom. The molecule has 380 valence electrons. The number of epoxide rings is 1. The molecule has 1 N–H and O–H groups in total. The van der Waals surface area contributed by atoms with Crippen molar-refractivity contribution in [3.63, 3.8) is 0 Å². The topological polar surface area (TPSA) is 114 Å². The van der Waals surface area contributed by atoms with E-state index in [0.717, 1.165) is 72.8 Å². The third kappa shape index (κ3) is 18.0. The molecule has 0 spiro atoms. The Balaban J connectivity index is 2.60. The largest absolute Gasteiger partial charge is 0.457 e. The van der Waals surface area contributed by atoms with Gasteiger partial charge in [0.1, 0.15) is 12.2 Å². The molecule has 65 heavy (non-hydrogen) atoms. The summed E-state index contributed by atoms with van der Waals surface area (Å²) in [5.74, 6) is -0.193. The summed E-state index contributed by atoms with van der Waals surface area (Å²) in [6.45, 7) is 38.3. The summed E-state index contributed by atoms with van der Waals surface area (Å²) < 4.78 is 53.0. The van der Waals surface area contributed by atoms with E-state index in [2.05, 4.69) is 108 Å². The first kappa shape index (κ1) is 60.1. The highest BCUT2D eigenvalue weighted by atomic mass is 28.4. The van der Waals surface area contributed by atoms with E-state index in [9.17, 15) is 9.90 Å². The molecule has 2 aliphatic heterocycles. The molecule has 0 saturated carbocycles. The van der Waals surface area contributed by atoms with Gasteiger partial charge in [0.05, 0.1) is 49.1 Å². The second-order valence-corrected chi connectivity index (χ2v) is 34.0. The third-order valence-electron chi connectivity index (χ3n) is 15.6. The van der Waals surface area contributed by atoms with Gasteiger partial charge >= 0.3 is 5.97 Å². The summed E-state index contributed by atoms with van der Waals surface area (Å²) >= 11 is 0. The normalized spacial score (nSPS) is 28.2. The van der Waals surface area contributed by atoms with Crippen LogP contribution in [0, 0.1) is 11.8 Å². The predicted octanol–water partition coefficient (Wildman–Crippen LogP) is 13.1. The number of aliphatic hydroxyl groups excluding tert-OH is 1. The fourth-order valence-electron chi connectivity index (χ4n) is 10.1. The van der Waals surface area contributed by atoms with E-state index in [-0.39, 0.29) is 42.7 Å². The van der Waals surface area contributed by atoms with Gasteiger partial charge in [0, 0.05) is 31.0 Å². The van der Waals surface area contributed by atoms with E-state index in [1.807, 2.05) is 32.9 Å². The van der Waals surface area contributed by atoms with Crippen LogP contribution in [-0.2, 0) is 41.8 Å².